The van der Waals surface area contributed by atoms with Gasteiger partial charge in [-0.25, -0.2) is 0 Å². The Morgan fingerprint density at radius 3 is 2.29 bits per heavy atom. The number of para-hydroxylation sites is 2. The average molecular weight is 426 g/mol. The zero-order chi connectivity index (χ0) is 21.6. The topological polar surface area (TPSA) is 76.8 Å². The molecule has 2 aromatic carbocycles. The van der Waals surface area contributed by atoms with E-state index in [4.69, 9.17) is 14.9 Å². The van der Waals surface area contributed by atoms with E-state index < -0.39 is 6.10 Å². The molecule has 1 fully saturated rings. The molecule has 7 nitrogen and oxygen atoms in total. The van der Waals surface area contributed by atoms with Crippen LogP contribution >= 0.6 is 0 Å². The Balaban J connectivity index is 1.45. The fraction of sp³-hybridized carbons (Fsp3) is 0.458. The normalized spacial score (nSPS) is 15.8. The number of aliphatic hydroxyl groups is 1. The van der Waals surface area contributed by atoms with Crippen molar-refractivity contribution < 1.29 is 19.5 Å². The number of rotatable bonds is 9. The van der Waals surface area contributed by atoms with Gasteiger partial charge >= 0.3 is 0 Å². The number of nitrogens with zero attached hydrogens (tertiary/aromatic N) is 2. The van der Waals surface area contributed by atoms with E-state index in [1.54, 1.807) is 12.0 Å². The number of piperidine rings is 1. The molecule has 1 aliphatic rings. The molecule has 1 atom stereocenters. The molecule has 0 amide bonds. The van der Waals surface area contributed by atoms with Gasteiger partial charge in [0, 0.05) is 0 Å². The zero-order valence-electron chi connectivity index (χ0n) is 18.2. The van der Waals surface area contributed by atoms with E-state index in [0.717, 1.165) is 29.9 Å². The number of quaternary nitrogens is 1. The van der Waals surface area contributed by atoms with E-state index in [1.165, 1.54) is 32.4 Å². The Bertz CT molecular complexity index is 1040. The van der Waals surface area contributed by atoms with E-state index in [2.05, 4.69) is 10.6 Å². The molecule has 2 heterocycles. The maximum Gasteiger partial charge on any atom is 0.203 e. The Labute approximate surface area is 182 Å². The van der Waals surface area contributed by atoms with Crippen molar-refractivity contribution in [2.24, 2.45) is 0 Å². The molecule has 0 aliphatic carbocycles. The van der Waals surface area contributed by atoms with Gasteiger partial charge in [0.2, 0.25) is 5.62 Å². The van der Waals surface area contributed by atoms with Crippen molar-refractivity contribution in [3.05, 3.63) is 54.1 Å². The van der Waals surface area contributed by atoms with Gasteiger partial charge in [0.1, 0.15) is 24.2 Å². The number of fused-ring (bicyclic) bond motifs is 1. The van der Waals surface area contributed by atoms with Gasteiger partial charge in [0.15, 0.2) is 0 Å². The van der Waals surface area contributed by atoms with Crippen molar-refractivity contribution in [1.82, 2.24) is 9.13 Å². The number of likely N-dealkylation sites (tertiary alicyclic amines) is 1. The largest absolute Gasteiger partial charge is 0.497 e. The fourth-order valence-corrected chi connectivity index (χ4v) is 4.41. The third-order valence-electron chi connectivity index (χ3n) is 6.12. The third kappa shape index (κ3) is 5.11. The van der Waals surface area contributed by atoms with E-state index in [1.807, 2.05) is 47.0 Å². The quantitative estimate of drug-likeness (QED) is 0.486. The lowest BCUT2D eigenvalue weighted by molar-refractivity contribution is -0.905. The first-order valence-corrected chi connectivity index (χ1v) is 11.2. The molecule has 1 aromatic heterocycles. The molecule has 0 radical (unpaired) electrons. The number of ether oxygens (including phenoxy) is 2. The molecule has 3 aromatic rings. The van der Waals surface area contributed by atoms with Crippen LogP contribution in [0.2, 0.25) is 0 Å². The zero-order valence-corrected chi connectivity index (χ0v) is 18.2. The van der Waals surface area contributed by atoms with Crippen molar-refractivity contribution in [3.8, 4) is 11.5 Å². The van der Waals surface area contributed by atoms with Crippen LogP contribution < -0.4 is 20.0 Å². The number of methoxy groups -OCH3 is 1. The number of hydrogen-bond acceptors (Lipinski definition) is 4. The number of hydrogen-bond donors (Lipinski definition) is 3. The summed E-state index contributed by atoms with van der Waals surface area (Å²) in [6, 6.07) is 15.4. The molecule has 0 spiro atoms. The molecular weight excluding hydrogens is 392 g/mol. The van der Waals surface area contributed by atoms with Gasteiger partial charge in [-0.2, -0.15) is 0 Å². The predicted molar refractivity (Wildman–Crippen MR) is 120 cm³/mol. The second-order valence-electron chi connectivity index (χ2n) is 8.28. The van der Waals surface area contributed by atoms with Gasteiger partial charge < -0.3 is 28.6 Å². The Morgan fingerprint density at radius 2 is 1.61 bits per heavy atom. The standard InChI is InChI=1S/C24H32N4O3/c1-30-20-9-11-21(12-10-20)31-18-19(29)17-28-23-8-4-3-7-22(23)27(24(28)25)16-15-26-13-5-2-6-14-26/h3-4,7-12,19,25,29H,2,5-6,13-18H2,1H3/p+1/t19-/m1/s1. The highest BCUT2D eigenvalue weighted by atomic mass is 16.5. The van der Waals surface area contributed by atoms with Crippen LogP contribution in [0, 0.1) is 5.41 Å². The highest BCUT2D eigenvalue weighted by Gasteiger charge is 2.17. The molecule has 0 saturated carbocycles. The smallest absolute Gasteiger partial charge is 0.203 e. The molecule has 0 bridgehead atoms. The van der Waals surface area contributed by atoms with Crippen molar-refractivity contribution in [1.29, 1.82) is 5.41 Å². The van der Waals surface area contributed by atoms with Crippen molar-refractivity contribution >= 4 is 11.0 Å². The van der Waals surface area contributed by atoms with Crippen LogP contribution in [-0.2, 0) is 13.1 Å². The molecule has 3 N–H and O–H groups in total. The Kier molecular flexibility index (Phi) is 6.94. The van der Waals surface area contributed by atoms with Crippen LogP contribution in [0.3, 0.4) is 0 Å². The minimum atomic E-state index is -0.719. The number of benzene rings is 2. The van der Waals surface area contributed by atoms with Gasteiger partial charge in [0.05, 0.1) is 50.9 Å². The van der Waals surface area contributed by atoms with Crippen LogP contribution in [0.4, 0.5) is 0 Å². The van der Waals surface area contributed by atoms with Crippen LogP contribution in [0.5, 0.6) is 11.5 Å². The summed E-state index contributed by atoms with van der Waals surface area (Å²) in [5, 5.41) is 19.4. The second kappa shape index (κ2) is 10.0. The molecule has 1 saturated heterocycles. The van der Waals surface area contributed by atoms with E-state index in [9.17, 15) is 5.11 Å². The number of nitrogens with one attached hydrogen (secondary N) is 2. The van der Waals surface area contributed by atoms with Gasteiger partial charge in [-0.3, -0.25) is 5.41 Å². The highest BCUT2D eigenvalue weighted by Crippen LogP contribution is 2.18. The first-order chi connectivity index (χ1) is 15.2. The molecule has 166 valence electrons. The fourth-order valence-electron chi connectivity index (χ4n) is 4.41. The monoisotopic (exact) mass is 425 g/mol. The minimum Gasteiger partial charge on any atom is -0.497 e. The van der Waals surface area contributed by atoms with Gasteiger partial charge in [-0.05, 0) is 55.7 Å². The summed E-state index contributed by atoms with van der Waals surface area (Å²) >= 11 is 0. The van der Waals surface area contributed by atoms with Crippen LogP contribution in [0.15, 0.2) is 48.5 Å². The summed E-state index contributed by atoms with van der Waals surface area (Å²) in [4.78, 5) is 1.63. The van der Waals surface area contributed by atoms with Gasteiger partial charge in [-0.1, -0.05) is 12.1 Å². The minimum absolute atomic E-state index is 0.163. The van der Waals surface area contributed by atoms with Gasteiger partial charge in [0.25, 0.3) is 0 Å². The predicted octanol–water partition coefficient (Wildman–Crippen LogP) is 1.44. The lowest BCUT2D eigenvalue weighted by Gasteiger charge is -2.23. The SMILES string of the molecule is COc1ccc(OC[C@H](O)Cn2c(=N)n(CC[NH+]3CCCCC3)c3ccccc32)cc1. The lowest BCUT2D eigenvalue weighted by atomic mass is 10.1. The summed E-state index contributed by atoms with van der Waals surface area (Å²) < 4.78 is 14.9. The summed E-state index contributed by atoms with van der Waals surface area (Å²) in [6.07, 6.45) is 3.23. The first-order valence-electron chi connectivity index (χ1n) is 11.2. The van der Waals surface area contributed by atoms with Crippen LogP contribution in [0.1, 0.15) is 19.3 Å². The summed E-state index contributed by atoms with van der Waals surface area (Å²) in [5.41, 5.74) is 2.46. The van der Waals surface area contributed by atoms with E-state index in [-0.39, 0.29) is 6.61 Å². The van der Waals surface area contributed by atoms with E-state index >= 15 is 0 Å². The number of aliphatic hydroxyl groups excluding tert-OH is 1. The lowest BCUT2D eigenvalue weighted by Crippen LogP contribution is -3.13. The highest BCUT2D eigenvalue weighted by molar-refractivity contribution is 5.75. The number of imidazole rings is 1. The van der Waals surface area contributed by atoms with Crippen LogP contribution in [0.25, 0.3) is 11.0 Å². The molecule has 31 heavy (non-hydrogen) atoms. The summed E-state index contributed by atoms with van der Waals surface area (Å²) in [5.74, 6) is 1.45. The summed E-state index contributed by atoms with van der Waals surface area (Å²) in [6.45, 7) is 4.80. The first kappa shape index (κ1) is 21.5. The molecule has 7 heteroatoms. The molecule has 1 aliphatic heterocycles. The van der Waals surface area contributed by atoms with Crippen molar-refractivity contribution in [2.75, 3.05) is 33.4 Å². The maximum absolute atomic E-state index is 10.6. The van der Waals surface area contributed by atoms with Crippen molar-refractivity contribution in [2.45, 2.75) is 38.5 Å². The maximum atomic E-state index is 10.6. The third-order valence-corrected chi connectivity index (χ3v) is 6.12. The van der Waals surface area contributed by atoms with E-state index in [0.29, 0.717) is 17.9 Å². The molecular formula is C24H33N4O3+. The van der Waals surface area contributed by atoms with Gasteiger partial charge in [-0.15, -0.1) is 0 Å². The number of aromatic nitrogens is 2. The summed E-state index contributed by atoms with van der Waals surface area (Å²) in [7, 11) is 1.62. The molecule has 0 unspecified atom stereocenters. The van der Waals surface area contributed by atoms with Crippen molar-refractivity contribution in [3.63, 3.8) is 0 Å². The van der Waals surface area contributed by atoms with Crippen LogP contribution in [-0.4, -0.2) is 53.7 Å². The second-order valence-corrected chi connectivity index (χ2v) is 8.28. The Hall–Kier alpha value is -2.77. The average Bonchev–Trinajstić information content (AvgIpc) is 3.08. The molecule has 4 rings (SSSR count). The Morgan fingerprint density at radius 1 is 0.968 bits per heavy atom.